The molecule has 0 saturated carbocycles. The number of nitrogens with one attached hydrogen (secondary N) is 1. The van der Waals surface area contributed by atoms with E-state index in [4.69, 9.17) is 4.74 Å². The van der Waals surface area contributed by atoms with Gasteiger partial charge in [-0.1, -0.05) is 24.3 Å². The van der Waals surface area contributed by atoms with Crippen molar-refractivity contribution in [3.63, 3.8) is 0 Å². The molecule has 1 N–H and O–H groups in total. The van der Waals surface area contributed by atoms with Crippen molar-refractivity contribution in [2.45, 2.75) is 20.0 Å². The summed E-state index contributed by atoms with van der Waals surface area (Å²) in [5, 5.41) is 3.13. The molecule has 0 unspecified atom stereocenters. The molecule has 2 aromatic rings. The van der Waals surface area contributed by atoms with E-state index in [0.717, 1.165) is 23.4 Å². The summed E-state index contributed by atoms with van der Waals surface area (Å²) in [6, 6.07) is 11.3. The van der Waals surface area contributed by atoms with Crippen molar-refractivity contribution in [1.82, 2.24) is 9.88 Å². The maximum atomic E-state index is 11.6. The van der Waals surface area contributed by atoms with Crippen molar-refractivity contribution in [3.05, 3.63) is 64.1 Å². The summed E-state index contributed by atoms with van der Waals surface area (Å²) in [5.41, 5.74) is 2.24. The van der Waals surface area contributed by atoms with E-state index in [9.17, 15) is 4.79 Å². The Labute approximate surface area is 119 Å². The molecule has 0 aliphatic heterocycles. The van der Waals surface area contributed by atoms with Gasteiger partial charge in [0.15, 0.2) is 0 Å². The molecule has 106 valence electrons. The summed E-state index contributed by atoms with van der Waals surface area (Å²) in [7, 11) is 1.91. The molecule has 1 aromatic heterocycles. The molecule has 1 aromatic carbocycles. The normalized spacial score (nSPS) is 10.5. The zero-order valence-corrected chi connectivity index (χ0v) is 11.9. The topological polar surface area (TPSA) is 43.3 Å². The molecule has 0 amide bonds. The minimum atomic E-state index is -0.00340. The summed E-state index contributed by atoms with van der Waals surface area (Å²) < 4.78 is 7.53. The first-order chi connectivity index (χ1) is 9.72. The number of aryl methyl sites for hydroxylation is 1. The Hall–Kier alpha value is -2.07. The van der Waals surface area contributed by atoms with Crippen LogP contribution in [0.2, 0.25) is 0 Å². The van der Waals surface area contributed by atoms with Gasteiger partial charge in [-0.3, -0.25) is 4.79 Å². The number of para-hydroxylation sites is 1. The second-order valence-corrected chi connectivity index (χ2v) is 4.67. The summed E-state index contributed by atoms with van der Waals surface area (Å²) in [5.74, 6) is 0.908. The van der Waals surface area contributed by atoms with Crippen LogP contribution in [0.4, 0.5) is 0 Å². The molecule has 20 heavy (non-hydrogen) atoms. The maximum absolute atomic E-state index is 11.6. The Bertz CT molecular complexity index is 620. The van der Waals surface area contributed by atoms with Crippen LogP contribution in [0.5, 0.6) is 5.75 Å². The third-order valence-electron chi connectivity index (χ3n) is 3.14. The highest BCUT2D eigenvalue weighted by atomic mass is 16.5. The second-order valence-electron chi connectivity index (χ2n) is 4.67. The standard InChI is InChI=1S/C16H20N2O2/c1-13-6-5-7-14(12-17-2)16(13)20-11-10-18-9-4-3-8-15(18)19/h3-9,17H,10-12H2,1-2H3. The summed E-state index contributed by atoms with van der Waals surface area (Å²) in [4.78, 5) is 11.6. The van der Waals surface area contributed by atoms with Gasteiger partial charge in [-0.05, 0) is 25.6 Å². The van der Waals surface area contributed by atoms with Gasteiger partial charge in [-0.15, -0.1) is 0 Å². The van der Waals surface area contributed by atoms with Crippen LogP contribution in [0.25, 0.3) is 0 Å². The maximum Gasteiger partial charge on any atom is 0.250 e. The number of ether oxygens (including phenoxy) is 1. The highest BCUT2D eigenvalue weighted by Crippen LogP contribution is 2.23. The van der Waals surface area contributed by atoms with E-state index in [1.807, 2.05) is 38.2 Å². The highest BCUT2D eigenvalue weighted by Gasteiger charge is 2.06. The number of hydrogen-bond acceptors (Lipinski definition) is 3. The number of pyridine rings is 1. The smallest absolute Gasteiger partial charge is 0.250 e. The Balaban J connectivity index is 2.04. The van der Waals surface area contributed by atoms with Crippen molar-refractivity contribution >= 4 is 0 Å². The fourth-order valence-electron chi connectivity index (χ4n) is 2.14. The van der Waals surface area contributed by atoms with E-state index in [0.29, 0.717) is 13.2 Å². The minimum Gasteiger partial charge on any atom is -0.491 e. The van der Waals surface area contributed by atoms with E-state index < -0.39 is 0 Å². The lowest BCUT2D eigenvalue weighted by atomic mass is 10.1. The van der Waals surface area contributed by atoms with Crippen molar-refractivity contribution in [1.29, 1.82) is 0 Å². The van der Waals surface area contributed by atoms with Crippen LogP contribution in [-0.2, 0) is 13.1 Å². The largest absolute Gasteiger partial charge is 0.491 e. The van der Waals surface area contributed by atoms with Crippen LogP contribution in [0.1, 0.15) is 11.1 Å². The van der Waals surface area contributed by atoms with Gasteiger partial charge in [0.1, 0.15) is 12.4 Å². The molecule has 0 fully saturated rings. The van der Waals surface area contributed by atoms with Crippen LogP contribution < -0.4 is 15.6 Å². The van der Waals surface area contributed by atoms with Gasteiger partial charge in [-0.2, -0.15) is 0 Å². The third kappa shape index (κ3) is 3.48. The molecule has 4 nitrogen and oxygen atoms in total. The second kappa shape index (κ2) is 6.91. The molecule has 0 bridgehead atoms. The van der Waals surface area contributed by atoms with Crippen LogP contribution in [0.3, 0.4) is 0 Å². The predicted molar refractivity (Wildman–Crippen MR) is 80.1 cm³/mol. The fourth-order valence-corrected chi connectivity index (χ4v) is 2.14. The Morgan fingerprint density at radius 1 is 1.20 bits per heavy atom. The van der Waals surface area contributed by atoms with E-state index in [2.05, 4.69) is 5.32 Å². The van der Waals surface area contributed by atoms with Crippen molar-refractivity contribution < 1.29 is 4.74 Å². The number of aromatic nitrogens is 1. The van der Waals surface area contributed by atoms with Gasteiger partial charge in [0, 0.05) is 24.4 Å². The molecule has 0 aliphatic rings. The molecule has 2 rings (SSSR count). The summed E-state index contributed by atoms with van der Waals surface area (Å²) in [6.07, 6.45) is 1.78. The van der Waals surface area contributed by atoms with E-state index in [-0.39, 0.29) is 5.56 Å². The number of rotatable bonds is 6. The molecule has 0 spiro atoms. The number of hydrogen-bond donors (Lipinski definition) is 1. The predicted octanol–water partition coefficient (Wildman–Crippen LogP) is 1.96. The van der Waals surface area contributed by atoms with Crippen LogP contribution in [0.15, 0.2) is 47.4 Å². The van der Waals surface area contributed by atoms with Gasteiger partial charge >= 0.3 is 0 Å². The minimum absolute atomic E-state index is 0.00340. The lowest BCUT2D eigenvalue weighted by molar-refractivity contribution is 0.291. The molecule has 0 atom stereocenters. The lowest BCUT2D eigenvalue weighted by Crippen LogP contribution is -2.21. The lowest BCUT2D eigenvalue weighted by Gasteiger charge is -2.14. The first-order valence-corrected chi connectivity index (χ1v) is 6.73. The Morgan fingerprint density at radius 2 is 2.05 bits per heavy atom. The first-order valence-electron chi connectivity index (χ1n) is 6.73. The molecule has 0 radical (unpaired) electrons. The zero-order valence-electron chi connectivity index (χ0n) is 11.9. The van der Waals surface area contributed by atoms with Crippen LogP contribution in [-0.4, -0.2) is 18.2 Å². The molecule has 4 heteroatoms. The highest BCUT2D eigenvalue weighted by molar-refractivity contribution is 5.40. The van der Waals surface area contributed by atoms with Gasteiger partial charge in [0.2, 0.25) is 0 Å². The van der Waals surface area contributed by atoms with E-state index in [1.54, 1.807) is 22.9 Å². The van der Waals surface area contributed by atoms with E-state index >= 15 is 0 Å². The van der Waals surface area contributed by atoms with Crippen molar-refractivity contribution in [2.75, 3.05) is 13.7 Å². The zero-order chi connectivity index (χ0) is 14.4. The molecule has 0 aliphatic carbocycles. The number of nitrogens with zero attached hydrogens (tertiary/aromatic N) is 1. The van der Waals surface area contributed by atoms with Gasteiger partial charge in [-0.25, -0.2) is 0 Å². The van der Waals surface area contributed by atoms with Crippen molar-refractivity contribution in [2.24, 2.45) is 0 Å². The fraction of sp³-hybridized carbons (Fsp3) is 0.312. The van der Waals surface area contributed by atoms with Gasteiger partial charge in [0.25, 0.3) is 5.56 Å². The van der Waals surface area contributed by atoms with Gasteiger partial charge in [0.05, 0.1) is 6.54 Å². The third-order valence-corrected chi connectivity index (χ3v) is 3.14. The molecule has 0 saturated heterocycles. The average molecular weight is 272 g/mol. The molecule has 1 heterocycles. The quantitative estimate of drug-likeness (QED) is 0.874. The molecular formula is C16H20N2O2. The van der Waals surface area contributed by atoms with Gasteiger partial charge < -0.3 is 14.6 Å². The SMILES string of the molecule is CNCc1cccc(C)c1OCCn1ccccc1=O. The van der Waals surface area contributed by atoms with Crippen LogP contribution in [0, 0.1) is 6.92 Å². The average Bonchev–Trinajstić information content (AvgIpc) is 2.44. The van der Waals surface area contributed by atoms with Crippen molar-refractivity contribution in [3.8, 4) is 5.75 Å². The molecular weight excluding hydrogens is 252 g/mol. The van der Waals surface area contributed by atoms with Crippen LogP contribution >= 0.6 is 0 Å². The Morgan fingerprint density at radius 3 is 2.80 bits per heavy atom. The number of benzene rings is 1. The monoisotopic (exact) mass is 272 g/mol. The summed E-state index contributed by atoms with van der Waals surface area (Å²) in [6.45, 7) is 3.82. The Kier molecular flexibility index (Phi) is 4.96. The van der Waals surface area contributed by atoms with E-state index in [1.165, 1.54) is 0 Å². The first kappa shape index (κ1) is 14.3. The summed E-state index contributed by atoms with van der Waals surface area (Å²) >= 11 is 0.